The molecule has 0 aliphatic carbocycles. The standard InChI is InChI=1S/C90H118N18O19S/c1-11-12-27-71-88(125)105(7)48-76(113)97-67(43-78(115)116)84(121)103-79(53(4)5)90(127)107(9)72(40-55-23-17-14-18-24-55)85(122)101-68(39-57-30-34-61(110)35-31-57)86(123)104(6)47-75(112)96-66(41-58-44-93-63-26-20-19-25-62(58)63)83(120)100-65(37-56-28-32-60(109)33-29-56)82(119)99-64(36-52(2)3)81(118)102-70(80(117)94-46-74(91)111)49-128-50-77(114)98-69(38-54-21-15-13-16-22-54)87(124)108(10)73(89(126)106(71)8)42-59-45-92-51-95-59/h13-26,28-35,44-45,51-53,64-73,79,87,93,109-110,124H,11-12,27,36-43,46-50H2,1-10H3,(H2,91,111)(H,92,95)(H,94,117)(H,96,112)(H,97,113)(H,98,114)(H,99,119)(H,100,120)(H,101,122)(H,102,118)(H,103,121)(H,115,116). The first-order chi connectivity index (χ1) is 60.9. The molecular weight excluding hydrogens is 1670 g/mol. The zero-order chi connectivity index (χ0) is 93.6. The molecule has 1 saturated heterocycles. The third-order valence-corrected chi connectivity index (χ3v) is 23.0. The number of likely N-dealkylation sites (N-methyl/N-ethyl adjacent to an activating group) is 5. The Balaban J connectivity index is 1.21. The molecule has 1 fully saturated rings. The fourth-order valence-corrected chi connectivity index (χ4v) is 15.7. The van der Waals surface area contributed by atoms with E-state index in [9.17, 15) is 63.6 Å². The van der Waals surface area contributed by atoms with Gasteiger partial charge in [-0.3, -0.25) is 76.8 Å². The molecule has 3 heterocycles. The smallest absolute Gasteiger partial charge is 0.305 e. The number of rotatable bonds is 23. The maximum absolute atomic E-state index is 15.5. The number of hydrogen-bond acceptors (Lipinski definition) is 21. The van der Waals surface area contributed by atoms with Crippen LogP contribution in [0.4, 0.5) is 0 Å². The Labute approximate surface area is 746 Å². The van der Waals surface area contributed by atoms with Gasteiger partial charge in [0, 0.05) is 95.0 Å². The average molecular weight is 1790 g/mol. The Hall–Kier alpha value is -13.2. The summed E-state index contributed by atoms with van der Waals surface area (Å²) in [7, 11) is 6.61. The maximum atomic E-state index is 15.5. The lowest BCUT2D eigenvalue weighted by Crippen LogP contribution is -2.61. The molecule has 37 nitrogen and oxygen atoms in total. The highest BCUT2D eigenvalue weighted by Gasteiger charge is 2.43. The van der Waals surface area contributed by atoms with E-state index in [0.29, 0.717) is 57.3 Å². The van der Waals surface area contributed by atoms with Gasteiger partial charge in [0.2, 0.25) is 82.7 Å². The van der Waals surface area contributed by atoms with Crippen LogP contribution in [0.25, 0.3) is 10.9 Å². The molecule has 14 amide bonds. The van der Waals surface area contributed by atoms with Crippen LogP contribution < -0.4 is 53.6 Å². The maximum Gasteiger partial charge on any atom is 0.305 e. The number of fused-ring (bicyclic) bond motifs is 1. The molecule has 1 aliphatic heterocycles. The number of unbranched alkanes of at least 4 members (excludes halogenated alkanes) is 1. The van der Waals surface area contributed by atoms with Gasteiger partial charge >= 0.3 is 5.97 Å². The number of amides is 14. The second-order valence-corrected chi connectivity index (χ2v) is 33.9. The molecule has 12 atom stereocenters. The summed E-state index contributed by atoms with van der Waals surface area (Å²) in [6, 6.07) is 19.0. The number of carboxylic acids is 1. The summed E-state index contributed by atoms with van der Waals surface area (Å²) < 4.78 is 0. The summed E-state index contributed by atoms with van der Waals surface area (Å²) >= 11 is 0.849. The number of aliphatic hydroxyl groups excluding tert-OH is 1. The third kappa shape index (κ3) is 30.0. The number of primary amides is 1. The first kappa shape index (κ1) is 100. The van der Waals surface area contributed by atoms with E-state index in [1.165, 1.54) is 106 Å². The fraction of sp³-hybridized carbons (Fsp3) is 0.444. The van der Waals surface area contributed by atoms with E-state index in [0.717, 1.165) is 26.5 Å². The fourth-order valence-electron chi connectivity index (χ4n) is 14.9. The van der Waals surface area contributed by atoms with Crippen molar-refractivity contribution in [3.05, 3.63) is 186 Å². The van der Waals surface area contributed by atoms with E-state index < -0.39 is 199 Å². The summed E-state index contributed by atoms with van der Waals surface area (Å²) in [6.45, 7) is 6.19. The number of phenols is 2. The number of aromatic amines is 2. The van der Waals surface area contributed by atoms with Crippen LogP contribution in [0.5, 0.6) is 11.5 Å². The number of carboxylic acid groups (broad SMARTS) is 1. The number of aliphatic carboxylic acids is 1. The van der Waals surface area contributed by atoms with Crippen LogP contribution in [0.15, 0.2) is 152 Å². The van der Waals surface area contributed by atoms with Crippen LogP contribution in [0, 0.1) is 11.8 Å². The van der Waals surface area contributed by atoms with Gasteiger partial charge in [0.1, 0.15) is 72.1 Å². The molecule has 0 saturated carbocycles. The molecule has 7 aromatic rings. The van der Waals surface area contributed by atoms with Gasteiger partial charge in [0.05, 0.1) is 50.2 Å². The summed E-state index contributed by atoms with van der Waals surface area (Å²) in [5.41, 5.74) is 8.99. The molecule has 1 aliphatic rings. The number of thioether (sulfide) groups is 1. The number of aliphatic hydroxyl groups is 1. The number of imidazole rings is 1. The predicted octanol–water partition coefficient (Wildman–Crippen LogP) is 0.841. The van der Waals surface area contributed by atoms with Gasteiger partial charge in [-0.25, -0.2) is 4.98 Å². The van der Waals surface area contributed by atoms with Gasteiger partial charge in [0.15, 0.2) is 0 Å². The van der Waals surface area contributed by atoms with Crippen molar-refractivity contribution >= 4 is 111 Å². The lowest BCUT2D eigenvalue weighted by molar-refractivity contribution is -0.151. The topological polar surface area (TPSA) is 532 Å². The van der Waals surface area contributed by atoms with Crippen LogP contribution in [0.3, 0.4) is 0 Å². The van der Waals surface area contributed by atoms with Crippen molar-refractivity contribution in [2.24, 2.45) is 17.6 Å². The minimum atomic E-state index is -1.90. The normalized spacial score (nSPS) is 22.7. The first-order valence-corrected chi connectivity index (χ1v) is 43.4. The monoisotopic (exact) mass is 1790 g/mol. The van der Waals surface area contributed by atoms with Gasteiger partial charge in [-0.15, -0.1) is 11.8 Å². The average Bonchev–Trinajstić information content (AvgIpc) is 1.06. The van der Waals surface area contributed by atoms with E-state index in [2.05, 4.69) is 62.8 Å². The summed E-state index contributed by atoms with van der Waals surface area (Å²) in [6.07, 6.45) is 1.29. The SMILES string of the molecule is CCCCC1C(=O)N(C)CC(=O)NC(CC(=O)O)C(=O)NC(C(C)C)C(=O)N(C)C(Cc2ccccc2)C(=O)NC(Cc2ccc(O)cc2)C(=O)N(C)CC(=O)NC(Cc2c[nH]c3ccccc23)C(=O)NC(Cc2ccc(O)cc2)C(=O)NC(CC(C)C)C(=O)NC(C(=O)NCC(N)=O)CSCC(=O)NC(Cc2ccccc2)C(O)N(C)C(Cc2cnc[nH]2)C(=O)N1C. The molecule has 8 rings (SSSR count). The number of carbonyl (C=O) groups is 15. The highest BCUT2D eigenvalue weighted by Crippen LogP contribution is 2.25. The zero-order valence-corrected chi connectivity index (χ0v) is 74.2. The molecule has 688 valence electrons. The highest BCUT2D eigenvalue weighted by atomic mass is 32.2. The number of H-pyrrole nitrogens is 2. The van der Waals surface area contributed by atoms with Gasteiger partial charge in [-0.1, -0.05) is 151 Å². The second kappa shape index (κ2) is 48.5. The molecule has 0 bridgehead atoms. The van der Waals surface area contributed by atoms with E-state index >= 15 is 28.8 Å². The van der Waals surface area contributed by atoms with Crippen LogP contribution >= 0.6 is 11.8 Å². The minimum Gasteiger partial charge on any atom is -0.508 e. The van der Waals surface area contributed by atoms with Crippen LogP contribution in [0.1, 0.15) is 100 Å². The Kier molecular flexibility index (Phi) is 37.9. The van der Waals surface area contributed by atoms with Gasteiger partial charge in [-0.2, -0.15) is 0 Å². The number of aromatic nitrogens is 3. The van der Waals surface area contributed by atoms with E-state index in [-0.39, 0.29) is 74.5 Å². The van der Waals surface area contributed by atoms with Crippen molar-refractivity contribution in [2.45, 2.75) is 178 Å². The van der Waals surface area contributed by atoms with Crippen molar-refractivity contribution in [2.75, 3.05) is 66.4 Å². The molecule has 2 aromatic heterocycles. The largest absolute Gasteiger partial charge is 0.508 e. The van der Waals surface area contributed by atoms with Crippen LogP contribution in [-0.4, -0.2) is 288 Å². The number of benzene rings is 5. The van der Waals surface area contributed by atoms with Crippen molar-refractivity contribution in [1.29, 1.82) is 0 Å². The molecule has 0 radical (unpaired) electrons. The predicted molar refractivity (Wildman–Crippen MR) is 475 cm³/mol. The third-order valence-electron chi connectivity index (χ3n) is 21.9. The van der Waals surface area contributed by atoms with Crippen molar-refractivity contribution in [1.82, 2.24) is 87.3 Å². The van der Waals surface area contributed by atoms with E-state index in [1.54, 1.807) is 119 Å². The Bertz CT molecular complexity index is 4970. The number of nitrogens with two attached hydrogens (primary N) is 1. The Morgan fingerprint density at radius 3 is 1.62 bits per heavy atom. The first-order valence-electron chi connectivity index (χ1n) is 42.2. The molecule has 5 aromatic carbocycles. The molecule has 128 heavy (non-hydrogen) atoms. The Morgan fingerprint density at radius 2 is 1.05 bits per heavy atom. The number of nitrogens with zero attached hydrogens (tertiary/aromatic N) is 6. The summed E-state index contributed by atoms with van der Waals surface area (Å²) in [4.78, 5) is 235. The van der Waals surface area contributed by atoms with Crippen molar-refractivity contribution in [3.63, 3.8) is 0 Å². The molecule has 12 unspecified atom stereocenters. The lowest BCUT2D eigenvalue weighted by Gasteiger charge is -2.39. The number of carbonyl (C=O) groups excluding carboxylic acids is 14. The second-order valence-electron chi connectivity index (χ2n) is 32.8. The number of aromatic hydroxyl groups is 2. The van der Waals surface area contributed by atoms with E-state index in [4.69, 9.17) is 5.73 Å². The number of para-hydroxylation sites is 1. The highest BCUT2D eigenvalue weighted by molar-refractivity contribution is 8.00. The lowest BCUT2D eigenvalue weighted by atomic mass is 9.98. The molecule has 17 N–H and O–H groups in total. The van der Waals surface area contributed by atoms with Crippen LogP contribution in [0.2, 0.25) is 0 Å². The summed E-state index contributed by atoms with van der Waals surface area (Å²) in [5.74, 6) is -16.5. The molecule has 38 heteroatoms. The summed E-state index contributed by atoms with van der Waals surface area (Å²) in [5, 5.41) is 68.3. The van der Waals surface area contributed by atoms with Gasteiger partial charge in [0.25, 0.3) is 0 Å². The molecular formula is C90H118N18O19S. The quantitative estimate of drug-likeness (QED) is 0.0422. The minimum absolute atomic E-state index is 0.0372. The number of hydrogen-bond donors (Lipinski definition) is 16. The van der Waals surface area contributed by atoms with Crippen LogP contribution in [-0.2, 0) is 110 Å². The number of nitrogens with one attached hydrogen (secondary N) is 11. The van der Waals surface area contributed by atoms with E-state index in [1.807, 2.05) is 6.92 Å². The van der Waals surface area contributed by atoms with Gasteiger partial charge < -0.3 is 104 Å². The number of phenolic OH excluding ortho intramolecular Hbond substituents is 2. The van der Waals surface area contributed by atoms with Crippen molar-refractivity contribution < 1.29 is 92.3 Å². The Morgan fingerprint density at radius 1 is 0.531 bits per heavy atom. The zero-order valence-electron chi connectivity index (χ0n) is 73.4. The van der Waals surface area contributed by atoms with Crippen molar-refractivity contribution in [3.8, 4) is 11.5 Å². The molecule has 0 spiro atoms. The van der Waals surface area contributed by atoms with Gasteiger partial charge in [-0.05, 0) is 96.3 Å².